The molecule has 1 aliphatic rings. The molecule has 0 radical (unpaired) electrons. The average Bonchev–Trinajstić information content (AvgIpc) is 3.17. The first-order valence-electron chi connectivity index (χ1n) is 9.81. The lowest BCUT2D eigenvalue weighted by Crippen LogP contribution is -2.11. The average molecular weight is 449 g/mol. The lowest BCUT2D eigenvalue weighted by Gasteiger charge is -2.12. The van der Waals surface area contributed by atoms with Crippen molar-refractivity contribution in [3.8, 4) is 11.5 Å². The summed E-state index contributed by atoms with van der Waals surface area (Å²) in [5, 5.41) is 3.89. The van der Waals surface area contributed by atoms with Crippen molar-refractivity contribution in [2.24, 2.45) is 5.16 Å². The molecule has 0 saturated heterocycles. The van der Waals surface area contributed by atoms with E-state index in [4.69, 9.17) is 13.8 Å². The Kier molecular flexibility index (Phi) is 6.04. The molecular weight excluding hydrogens is 430 g/mol. The number of carbonyl (C=O) groups excluding carboxylic acids is 1. The van der Waals surface area contributed by atoms with Crippen molar-refractivity contribution in [1.29, 1.82) is 0 Å². The van der Waals surface area contributed by atoms with Gasteiger partial charge in [0.1, 0.15) is 10.6 Å². The zero-order valence-corrected chi connectivity index (χ0v) is 17.9. The van der Waals surface area contributed by atoms with Crippen LogP contribution < -0.4 is 8.92 Å². The van der Waals surface area contributed by atoms with Gasteiger partial charge in [-0.3, -0.25) is 0 Å². The fourth-order valence-electron chi connectivity index (χ4n) is 3.09. The largest absolute Gasteiger partial charge is 0.490 e. The van der Waals surface area contributed by atoms with Crippen molar-refractivity contribution < 1.29 is 27.0 Å². The Bertz CT molecular complexity index is 1300. The van der Waals surface area contributed by atoms with E-state index in [9.17, 15) is 13.2 Å². The maximum atomic E-state index is 12.6. The molecule has 32 heavy (non-hydrogen) atoms. The first-order chi connectivity index (χ1) is 15.5. The van der Waals surface area contributed by atoms with Crippen molar-refractivity contribution in [2.45, 2.75) is 11.8 Å². The topological polar surface area (TPSA) is 91.3 Å². The van der Waals surface area contributed by atoms with E-state index in [1.54, 1.807) is 43.3 Å². The third kappa shape index (κ3) is 4.55. The first-order valence-corrected chi connectivity index (χ1v) is 11.2. The van der Waals surface area contributed by atoms with E-state index in [-0.39, 0.29) is 22.0 Å². The Morgan fingerprint density at radius 2 is 1.62 bits per heavy atom. The Labute approximate surface area is 185 Å². The van der Waals surface area contributed by atoms with Gasteiger partial charge in [-0.25, -0.2) is 4.79 Å². The van der Waals surface area contributed by atoms with Crippen LogP contribution in [0.3, 0.4) is 0 Å². The maximum Gasteiger partial charge on any atom is 0.368 e. The van der Waals surface area contributed by atoms with E-state index < -0.39 is 16.1 Å². The summed E-state index contributed by atoms with van der Waals surface area (Å²) in [6.07, 6.45) is 1.61. The van der Waals surface area contributed by atoms with E-state index in [1.807, 2.05) is 30.3 Å². The summed E-state index contributed by atoms with van der Waals surface area (Å²) < 4.78 is 36.1. The van der Waals surface area contributed by atoms with E-state index >= 15 is 0 Å². The lowest BCUT2D eigenvalue weighted by molar-refractivity contribution is -0.136. The molecule has 0 atom stereocenters. The van der Waals surface area contributed by atoms with Crippen molar-refractivity contribution in [3.63, 3.8) is 0 Å². The van der Waals surface area contributed by atoms with Gasteiger partial charge in [0.25, 0.3) is 0 Å². The van der Waals surface area contributed by atoms with Crippen LogP contribution >= 0.6 is 0 Å². The molecule has 3 aromatic carbocycles. The number of carbonyl (C=O) groups is 1. The fraction of sp³-hybridized carbons (Fsp3) is 0.0833. The van der Waals surface area contributed by atoms with Gasteiger partial charge >= 0.3 is 16.1 Å². The van der Waals surface area contributed by atoms with E-state index in [2.05, 4.69) is 5.16 Å². The second-order valence-corrected chi connectivity index (χ2v) is 8.28. The minimum absolute atomic E-state index is 0.0334. The minimum Gasteiger partial charge on any atom is -0.490 e. The van der Waals surface area contributed by atoms with Crippen molar-refractivity contribution in [2.75, 3.05) is 6.61 Å². The van der Waals surface area contributed by atoms with Crippen LogP contribution in [0.2, 0.25) is 0 Å². The Hall–Kier alpha value is -3.91. The summed E-state index contributed by atoms with van der Waals surface area (Å²) in [7, 11) is -4.03. The van der Waals surface area contributed by atoms with Gasteiger partial charge in [0, 0.05) is 5.56 Å². The van der Waals surface area contributed by atoms with Crippen molar-refractivity contribution >= 4 is 27.9 Å². The normalized spacial score (nSPS) is 14.7. The molecule has 0 saturated carbocycles. The number of oxime groups is 1. The summed E-state index contributed by atoms with van der Waals surface area (Å²) >= 11 is 0. The van der Waals surface area contributed by atoms with Crippen LogP contribution in [0.5, 0.6) is 11.5 Å². The Morgan fingerprint density at radius 1 is 0.938 bits per heavy atom. The number of nitrogens with zero attached hydrogens (tertiary/aromatic N) is 1. The maximum absolute atomic E-state index is 12.6. The monoisotopic (exact) mass is 449 g/mol. The molecule has 1 aliphatic heterocycles. The molecule has 162 valence electrons. The number of rotatable bonds is 7. The van der Waals surface area contributed by atoms with Gasteiger partial charge in [0.2, 0.25) is 0 Å². The second kappa shape index (κ2) is 9.07. The molecule has 1 heterocycles. The lowest BCUT2D eigenvalue weighted by atomic mass is 10.0. The highest BCUT2D eigenvalue weighted by Crippen LogP contribution is 2.32. The number of benzene rings is 3. The summed E-state index contributed by atoms with van der Waals surface area (Å²) in [5.74, 6) is -0.302. The second-order valence-electron chi connectivity index (χ2n) is 6.73. The van der Waals surface area contributed by atoms with Crippen molar-refractivity contribution in [1.82, 2.24) is 0 Å². The summed E-state index contributed by atoms with van der Waals surface area (Å²) in [6.45, 7) is 2.07. The van der Waals surface area contributed by atoms with Crippen LogP contribution in [0.4, 0.5) is 0 Å². The minimum atomic E-state index is -4.03. The van der Waals surface area contributed by atoms with E-state index in [1.165, 1.54) is 18.2 Å². The summed E-state index contributed by atoms with van der Waals surface area (Å²) in [6, 6.07) is 21.7. The highest BCUT2D eigenvalue weighted by atomic mass is 32.2. The molecule has 7 nitrogen and oxygen atoms in total. The molecule has 0 spiro atoms. The van der Waals surface area contributed by atoms with Gasteiger partial charge in [-0.2, -0.15) is 8.42 Å². The number of hydrogen-bond donors (Lipinski definition) is 0. The number of hydrogen-bond acceptors (Lipinski definition) is 7. The fourth-order valence-corrected chi connectivity index (χ4v) is 4.05. The number of ether oxygens (including phenoxy) is 1. The summed E-state index contributed by atoms with van der Waals surface area (Å²) in [5.41, 5.74) is 2.03. The predicted octanol–water partition coefficient (Wildman–Crippen LogP) is 4.20. The van der Waals surface area contributed by atoms with Gasteiger partial charge < -0.3 is 13.8 Å². The van der Waals surface area contributed by atoms with Crippen LogP contribution in [-0.2, 0) is 19.8 Å². The zero-order valence-electron chi connectivity index (χ0n) is 17.1. The van der Waals surface area contributed by atoms with Gasteiger partial charge in [-0.1, -0.05) is 59.8 Å². The molecule has 3 aromatic rings. The molecule has 0 aromatic heterocycles. The van der Waals surface area contributed by atoms with Crippen LogP contribution in [0.25, 0.3) is 6.08 Å². The quantitative estimate of drug-likeness (QED) is 0.305. The highest BCUT2D eigenvalue weighted by molar-refractivity contribution is 7.87. The molecular formula is C24H19NO6S. The third-order valence-corrected chi connectivity index (χ3v) is 5.80. The molecule has 8 heteroatoms. The SMILES string of the molecule is CCOc1cc(/C=C2\C(=O)ON=C2c2ccccc2)ccc1OS(=O)(=O)c1ccccc1. The molecule has 0 unspecified atom stereocenters. The molecule has 4 rings (SSSR count). The van der Waals surface area contributed by atoms with Crippen LogP contribution in [0, 0.1) is 0 Å². The molecule has 0 aliphatic carbocycles. The zero-order chi connectivity index (χ0) is 22.6. The van der Waals surface area contributed by atoms with E-state index in [0.717, 1.165) is 5.56 Å². The summed E-state index contributed by atoms with van der Waals surface area (Å²) in [4.78, 5) is 17.1. The molecule has 0 fully saturated rings. The van der Waals surface area contributed by atoms with Crippen molar-refractivity contribution in [3.05, 3.63) is 95.6 Å². The van der Waals surface area contributed by atoms with Gasteiger partial charge in [-0.05, 0) is 42.8 Å². The Morgan fingerprint density at radius 3 is 2.31 bits per heavy atom. The van der Waals surface area contributed by atoms with Gasteiger partial charge in [-0.15, -0.1) is 0 Å². The molecule has 0 N–H and O–H groups in total. The Balaban J connectivity index is 1.67. The highest BCUT2D eigenvalue weighted by Gasteiger charge is 2.27. The predicted molar refractivity (Wildman–Crippen MR) is 119 cm³/mol. The van der Waals surface area contributed by atoms with Gasteiger partial charge in [0.15, 0.2) is 11.5 Å². The molecule has 0 bridgehead atoms. The van der Waals surface area contributed by atoms with Crippen LogP contribution in [0.15, 0.2) is 94.5 Å². The standard InChI is InChI=1S/C24H19NO6S/c1-2-29-22-16-17(13-14-21(22)31-32(27,28)19-11-7-4-8-12-19)15-20-23(25-30-24(20)26)18-9-5-3-6-10-18/h3-16H,2H2,1H3/b20-15-. The van der Waals surface area contributed by atoms with Crippen LogP contribution in [-0.4, -0.2) is 26.7 Å². The smallest absolute Gasteiger partial charge is 0.368 e. The van der Waals surface area contributed by atoms with Gasteiger partial charge in [0.05, 0.1) is 12.2 Å². The molecule has 0 amide bonds. The first kappa shape index (κ1) is 21.3. The third-order valence-electron chi connectivity index (χ3n) is 4.55. The van der Waals surface area contributed by atoms with E-state index in [0.29, 0.717) is 17.9 Å². The van der Waals surface area contributed by atoms with Crippen LogP contribution in [0.1, 0.15) is 18.1 Å².